The molecule has 1 N–H and O–H groups in total. The highest BCUT2D eigenvalue weighted by molar-refractivity contribution is 6.74. The third kappa shape index (κ3) is 4.41. The van der Waals surface area contributed by atoms with Crippen LogP contribution in [0.2, 0.25) is 18.1 Å². The highest BCUT2D eigenvalue weighted by Crippen LogP contribution is 2.48. The van der Waals surface area contributed by atoms with Crippen molar-refractivity contribution in [1.82, 2.24) is 4.90 Å². The van der Waals surface area contributed by atoms with Crippen molar-refractivity contribution in [3.05, 3.63) is 51.4 Å². The van der Waals surface area contributed by atoms with Crippen molar-refractivity contribution >= 4 is 25.9 Å². The second-order valence-corrected chi connectivity index (χ2v) is 15.1. The molecule has 33 heavy (non-hydrogen) atoms. The lowest BCUT2D eigenvalue weighted by molar-refractivity contribution is -0.384. The van der Waals surface area contributed by atoms with Crippen LogP contribution in [0.4, 0.5) is 5.69 Å². The van der Waals surface area contributed by atoms with E-state index in [0.29, 0.717) is 5.56 Å². The number of fused-ring (bicyclic) bond motifs is 1. The molecule has 0 radical (unpaired) electrons. The molecule has 9 nitrogen and oxygen atoms in total. The number of nitrogens with zero attached hydrogens (tertiary/aromatic N) is 2. The number of rotatable bonds is 7. The van der Waals surface area contributed by atoms with Gasteiger partial charge in [0, 0.05) is 18.1 Å². The van der Waals surface area contributed by atoms with Gasteiger partial charge in [-0.3, -0.25) is 19.8 Å². The van der Waals surface area contributed by atoms with Crippen molar-refractivity contribution < 1.29 is 28.8 Å². The molecule has 2 aliphatic rings. The third-order valence-corrected chi connectivity index (χ3v) is 11.7. The third-order valence-electron chi connectivity index (χ3n) is 7.12. The zero-order valence-corrected chi connectivity index (χ0v) is 21.1. The summed E-state index contributed by atoms with van der Waals surface area (Å²) in [7, 11) is -2.11. The van der Waals surface area contributed by atoms with Gasteiger partial charge in [-0.2, -0.15) is 0 Å². The first-order valence-electron chi connectivity index (χ1n) is 11.0. The first-order valence-corrected chi connectivity index (χ1v) is 13.9. The van der Waals surface area contributed by atoms with Crippen LogP contribution in [0.15, 0.2) is 35.7 Å². The van der Waals surface area contributed by atoms with Crippen LogP contribution in [0.25, 0.3) is 0 Å². The smallest absolute Gasteiger partial charge is 0.358 e. The summed E-state index contributed by atoms with van der Waals surface area (Å²) in [5.41, 5.74) is 0.361. The monoisotopic (exact) mass is 476 g/mol. The summed E-state index contributed by atoms with van der Waals surface area (Å²) in [6.07, 6.45) is -0.342. The zero-order valence-electron chi connectivity index (χ0n) is 20.1. The highest BCUT2D eigenvalue weighted by Gasteiger charge is 2.61. The predicted molar refractivity (Wildman–Crippen MR) is 124 cm³/mol. The summed E-state index contributed by atoms with van der Waals surface area (Å²) in [4.78, 5) is 37.4. The number of aliphatic hydroxyl groups excluding tert-OH is 1. The molecule has 3 rings (SSSR count). The quantitative estimate of drug-likeness (QED) is 0.205. The maximum absolute atomic E-state index is 13.0. The molecule has 0 aromatic heterocycles. The van der Waals surface area contributed by atoms with Crippen LogP contribution >= 0.6 is 0 Å². The Morgan fingerprint density at radius 1 is 1.27 bits per heavy atom. The normalized spacial score (nSPS) is 23.8. The van der Waals surface area contributed by atoms with Gasteiger partial charge in [-0.15, -0.1) is 0 Å². The number of ether oxygens (including phenoxy) is 1. The number of β-lactam (4-membered cyclic amide) rings is 1. The van der Waals surface area contributed by atoms with Gasteiger partial charge in [-0.1, -0.05) is 27.7 Å². The molecule has 10 heteroatoms. The van der Waals surface area contributed by atoms with Gasteiger partial charge in [0.05, 0.1) is 23.0 Å². The van der Waals surface area contributed by atoms with E-state index in [4.69, 9.17) is 9.16 Å². The highest BCUT2D eigenvalue weighted by atomic mass is 28.4. The van der Waals surface area contributed by atoms with E-state index >= 15 is 0 Å². The Kier molecular flexibility index (Phi) is 6.47. The van der Waals surface area contributed by atoms with Gasteiger partial charge in [-0.25, -0.2) is 4.79 Å². The second-order valence-electron chi connectivity index (χ2n) is 10.3. The molecule has 1 aromatic carbocycles. The molecule has 1 fully saturated rings. The van der Waals surface area contributed by atoms with Gasteiger partial charge in [0.2, 0.25) is 5.91 Å². The lowest BCUT2D eigenvalue weighted by Gasteiger charge is -2.49. The standard InChI is InChI=1S/C23H32N2O7Si/c1-13-18-17(14(2)32-33(6,7)23(3,4)5)21(27)24(18)19(20(13)26)22(28)31-12-15-8-10-16(11-9-15)25(29)30/h8-11,13-14,17-18,26H,12H2,1-7H3/t13-,14+,17+,18+/m0/s1. The number of carbonyl (C=O) groups is 2. The van der Waals surface area contributed by atoms with Crippen molar-refractivity contribution in [2.75, 3.05) is 0 Å². The van der Waals surface area contributed by atoms with E-state index in [1.165, 1.54) is 29.2 Å². The molecule has 2 heterocycles. The van der Waals surface area contributed by atoms with Crippen LogP contribution in [0.3, 0.4) is 0 Å². The van der Waals surface area contributed by atoms with Crippen LogP contribution in [-0.4, -0.2) is 47.3 Å². The Labute approximate surface area is 194 Å². The van der Waals surface area contributed by atoms with Crippen molar-refractivity contribution in [3.63, 3.8) is 0 Å². The Hall–Kier alpha value is -2.72. The van der Waals surface area contributed by atoms with Gasteiger partial charge >= 0.3 is 5.97 Å². The van der Waals surface area contributed by atoms with Crippen LogP contribution in [-0.2, 0) is 25.4 Å². The SMILES string of the molecule is C[C@@H]1C(O)=C(C(=O)OCc2ccc([N+](=O)[O-])cc2)N2C(=O)[C@H]([C@@H](C)O[Si](C)(C)C(C)(C)C)[C@@H]12. The fraction of sp³-hybridized carbons (Fsp3) is 0.565. The molecule has 4 atom stereocenters. The van der Waals surface area contributed by atoms with Gasteiger partial charge < -0.3 is 14.3 Å². The van der Waals surface area contributed by atoms with Crippen LogP contribution in [0, 0.1) is 22.0 Å². The number of nitro groups is 1. The lowest BCUT2D eigenvalue weighted by Crippen LogP contribution is -2.65. The Balaban J connectivity index is 1.69. The van der Waals surface area contributed by atoms with Gasteiger partial charge in [0.15, 0.2) is 14.0 Å². The molecule has 1 saturated heterocycles. The van der Waals surface area contributed by atoms with Crippen molar-refractivity contribution in [3.8, 4) is 0 Å². The van der Waals surface area contributed by atoms with E-state index in [2.05, 4.69) is 33.9 Å². The first-order chi connectivity index (χ1) is 15.2. The largest absolute Gasteiger partial charge is 0.509 e. The molecular formula is C23H32N2O7Si. The van der Waals surface area contributed by atoms with Gasteiger partial charge in [0.1, 0.15) is 12.4 Å². The number of hydrogen-bond acceptors (Lipinski definition) is 7. The average molecular weight is 477 g/mol. The van der Waals surface area contributed by atoms with Gasteiger partial charge in [0.25, 0.3) is 5.69 Å². The molecule has 0 saturated carbocycles. The van der Waals surface area contributed by atoms with Crippen molar-refractivity contribution in [1.29, 1.82) is 0 Å². The molecule has 2 aliphatic heterocycles. The first kappa shape index (κ1) is 24.9. The number of non-ortho nitro benzene ring substituents is 1. The summed E-state index contributed by atoms with van der Waals surface area (Å²) in [6.45, 7) is 14.2. The maximum atomic E-state index is 13.0. The van der Waals surface area contributed by atoms with Gasteiger partial charge in [-0.05, 0) is 42.8 Å². The van der Waals surface area contributed by atoms with Crippen molar-refractivity contribution in [2.24, 2.45) is 11.8 Å². The van der Waals surface area contributed by atoms with E-state index in [1.54, 1.807) is 6.92 Å². The van der Waals surface area contributed by atoms with E-state index in [1.807, 2.05) is 6.92 Å². The van der Waals surface area contributed by atoms with Crippen LogP contribution in [0.5, 0.6) is 0 Å². The molecular weight excluding hydrogens is 444 g/mol. The fourth-order valence-electron chi connectivity index (χ4n) is 4.15. The summed E-state index contributed by atoms with van der Waals surface area (Å²) in [5, 5.41) is 21.4. The molecule has 1 amide bonds. The number of nitro benzene ring substituents is 1. The summed E-state index contributed by atoms with van der Waals surface area (Å²) in [6, 6.07) is 5.26. The van der Waals surface area contributed by atoms with E-state index in [-0.39, 0.29) is 46.8 Å². The van der Waals surface area contributed by atoms with E-state index in [9.17, 15) is 24.8 Å². The molecule has 0 aliphatic carbocycles. The second kappa shape index (κ2) is 8.57. The maximum Gasteiger partial charge on any atom is 0.358 e. The number of amides is 1. The van der Waals surface area contributed by atoms with Crippen LogP contribution < -0.4 is 0 Å². The minimum atomic E-state index is -2.11. The fourth-order valence-corrected chi connectivity index (χ4v) is 5.58. The molecule has 180 valence electrons. The van der Waals surface area contributed by atoms with Crippen LogP contribution in [0.1, 0.15) is 40.2 Å². The van der Waals surface area contributed by atoms with E-state index < -0.39 is 31.0 Å². The zero-order chi connectivity index (χ0) is 24.9. The number of esters is 1. The molecule has 0 bridgehead atoms. The number of benzene rings is 1. The summed E-state index contributed by atoms with van der Waals surface area (Å²) in [5.74, 6) is -2.09. The minimum Gasteiger partial charge on any atom is -0.509 e. The Morgan fingerprint density at radius 3 is 2.36 bits per heavy atom. The summed E-state index contributed by atoms with van der Waals surface area (Å²) < 4.78 is 11.7. The topological polar surface area (TPSA) is 119 Å². The Morgan fingerprint density at radius 2 is 1.85 bits per heavy atom. The average Bonchev–Trinajstić information content (AvgIpc) is 2.93. The van der Waals surface area contributed by atoms with Crippen molar-refractivity contribution in [2.45, 2.75) is 71.5 Å². The lowest BCUT2D eigenvalue weighted by atomic mass is 9.79. The number of carbonyl (C=O) groups excluding carboxylic acids is 2. The summed E-state index contributed by atoms with van der Waals surface area (Å²) >= 11 is 0. The number of hydrogen-bond donors (Lipinski definition) is 1. The molecule has 1 aromatic rings. The Bertz CT molecular complexity index is 997. The minimum absolute atomic E-state index is 0.0117. The predicted octanol–water partition coefficient (Wildman–Crippen LogP) is 4.29. The van der Waals surface area contributed by atoms with E-state index in [0.717, 1.165) is 0 Å². The number of aliphatic hydroxyl groups is 1. The molecule has 0 unspecified atom stereocenters. The molecule has 0 spiro atoms.